The highest BCUT2D eigenvalue weighted by Crippen LogP contribution is 2.29. The van der Waals surface area contributed by atoms with E-state index in [1.807, 2.05) is 18.2 Å². The molecule has 1 unspecified atom stereocenters. The van der Waals surface area contributed by atoms with E-state index in [4.69, 9.17) is 5.73 Å². The Morgan fingerprint density at radius 2 is 2.21 bits per heavy atom. The summed E-state index contributed by atoms with van der Waals surface area (Å²) < 4.78 is 17.7. The van der Waals surface area contributed by atoms with Crippen molar-refractivity contribution in [2.75, 3.05) is 7.11 Å². The third kappa shape index (κ3) is 3.39. The van der Waals surface area contributed by atoms with E-state index in [0.717, 1.165) is 15.3 Å². The molecule has 0 aliphatic heterocycles. The van der Waals surface area contributed by atoms with Gasteiger partial charge in [0, 0.05) is 16.2 Å². The lowest BCUT2D eigenvalue weighted by Crippen LogP contribution is -2.33. The predicted molar refractivity (Wildman–Crippen MR) is 73.4 cm³/mol. The van der Waals surface area contributed by atoms with E-state index in [9.17, 15) is 9.18 Å². The molecule has 0 radical (unpaired) electrons. The van der Waals surface area contributed by atoms with Gasteiger partial charge in [-0.15, -0.1) is 11.3 Å². The average Bonchev–Trinajstić information content (AvgIpc) is 2.86. The lowest BCUT2D eigenvalue weighted by molar-refractivity contribution is -0.142. The molecule has 0 aliphatic rings. The smallest absolute Gasteiger partial charge is 0.323 e. The summed E-state index contributed by atoms with van der Waals surface area (Å²) in [5.74, 6) is -0.695. The largest absolute Gasteiger partial charge is 0.468 e. The average molecular weight is 279 g/mol. The third-order valence-electron chi connectivity index (χ3n) is 2.70. The number of halogens is 1. The molecule has 0 amide bonds. The van der Waals surface area contributed by atoms with E-state index in [-0.39, 0.29) is 5.82 Å². The van der Waals surface area contributed by atoms with Gasteiger partial charge in [-0.1, -0.05) is 12.1 Å². The van der Waals surface area contributed by atoms with Crippen LogP contribution in [0.1, 0.15) is 4.88 Å². The molecule has 0 saturated heterocycles. The van der Waals surface area contributed by atoms with E-state index in [0.29, 0.717) is 6.42 Å². The van der Waals surface area contributed by atoms with Gasteiger partial charge in [0.2, 0.25) is 0 Å². The molecule has 5 heteroatoms. The summed E-state index contributed by atoms with van der Waals surface area (Å²) in [6.45, 7) is 0. The van der Waals surface area contributed by atoms with Crippen molar-refractivity contribution >= 4 is 17.3 Å². The van der Waals surface area contributed by atoms with Crippen LogP contribution in [0.4, 0.5) is 4.39 Å². The molecule has 2 aromatic rings. The summed E-state index contributed by atoms with van der Waals surface area (Å²) in [6.07, 6.45) is 0.423. The van der Waals surface area contributed by atoms with E-state index < -0.39 is 12.0 Å². The Labute approximate surface area is 114 Å². The molecule has 0 aliphatic carbocycles. The first kappa shape index (κ1) is 13.7. The fourth-order valence-electron chi connectivity index (χ4n) is 1.74. The lowest BCUT2D eigenvalue weighted by atomic mass is 10.1. The third-order valence-corrected chi connectivity index (χ3v) is 3.85. The zero-order valence-electron chi connectivity index (χ0n) is 10.4. The molecule has 1 heterocycles. The van der Waals surface area contributed by atoms with Crippen LogP contribution >= 0.6 is 11.3 Å². The number of carbonyl (C=O) groups is 1. The van der Waals surface area contributed by atoms with Crippen LogP contribution in [0.5, 0.6) is 0 Å². The van der Waals surface area contributed by atoms with Crippen molar-refractivity contribution in [2.45, 2.75) is 12.5 Å². The highest BCUT2D eigenvalue weighted by molar-refractivity contribution is 7.15. The molecule has 100 valence electrons. The first-order valence-electron chi connectivity index (χ1n) is 5.78. The van der Waals surface area contributed by atoms with Gasteiger partial charge < -0.3 is 10.5 Å². The van der Waals surface area contributed by atoms with Gasteiger partial charge in [-0.25, -0.2) is 4.39 Å². The fraction of sp³-hybridized carbons (Fsp3) is 0.214. The van der Waals surface area contributed by atoms with Crippen LogP contribution in [-0.4, -0.2) is 19.1 Å². The number of rotatable bonds is 4. The number of hydrogen-bond donors (Lipinski definition) is 1. The Hall–Kier alpha value is -1.72. The zero-order chi connectivity index (χ0) is 13.8. The van der Waals surface area contributed by atoms with E-state index >= 15 is 0 Å². The van der Waals surface area contributed by atoms with Crippen molar-refractivity contribution in [3.8, 4) is 10.4 Å². The second-order valence-corrected chi connectivity index (χ2v) is 5.28. The second kappa shape index (κ2) is 5.95. The van der Waals surface area contributed by atoms with E-state index in [1.165, 1.54) is 30.6 Å². The monoisotopic (exact) mass is 279 g/mol. The second-order valence-electron chi connectivity index (χ2n) is 4.11. The van der Waals surface area contributed by atoms with Crippen molar-refractivity contribution in [1.82, 2.24) is 0 Å². The number of hydrogen-bond acceptors (Lipinski definition) is 4. The predicted octanol–water partition coefficient (Wildman–Crippen LogP) is 2.60. The molecule has 1 aromatic carbocycles. The van der Waals surface area contributed by atoms with Crippen LogP contribution in [0.3, 0.4) is 0 Å². The van der Waals surface area contributed by atoms with Crippen molar-refractivity contribution in [3.63, 3.8) is 0 Å². The molecule has 1 atom stereocenters. The minimum Gasteiger partial charge on any atom is -0.468 e. The van der Waals surface area contributed by atoms with Gasteiger partial charge in [-0.2, -0.15) is 0 Å². The van der Waals surface area contributed by atoms with Gasteiger partial charge in [0.05, 0.1) is 7.11 Å². The van der Waals surface area contributed by atoms with Crippen LogP contribution in [0.2, 0.25) is 0 Å². The summed E-state index contributed by atoms with van der Waals surface area (Å²) in [7, 11) is 1.31. The van der Waals surface area contributed by atoms with Crippen LogP contribution in [-0.2, 0) is 16.0 Å². The molecule has 0 bridgehead atoms. The van der Waals surface area contributed by atoms with Crippen molar-refractivity contribution in [1.29, 1.82) is 0 Å². The molecule has 19 heavy (non-hydrogen) atoms. The van der Waals surface area contributed by atoms with Crippen molar-refractivity contribution in [3.05, 3.63) is 47.1 Å². The van der Waals surface area contributed by atoms with E-state index in [1.54, 1.807) is 6.07 Å². The Bertz CT molecular complexity index is 582. The quantitative estimate of drug-likeness (QED) is 0.875. The Kier molecular flexibility index (Phi) is 4.29. The number of benzene rings is 1. The molecule has 0 spiro atoms. The van der Waals surface area contributed by atoms with Gasteiger partial charge in [0.1, 0.15) is 11.9 Å². The van der Waals surface area contributed by atoms with Crippen LogP contribution in [0, 0.1) is 5.82 Å². The van der Waals surface area contributed by atoms with Crippen LogP contribution in [0.15, 0.2) is 36.4 Å². The summed E-state index contributed by atoms with van der Waals surface area (Å²) in [5, 5.41) is 0. The highest BCUT2D eigenvalue weighted by atomic mass is 32.1. The van der Waals surface area contributed by atoms with E-state index in [2.05, 4.69) is 4.74 Å². The van der Waals surface area contributed by atoms with Gasteiger partial charge in [-0.3, -0.25) is 4.79 Å². The number of nitrogens with two attached hydrogens (primary N) is 1. The SMILES string of the molecule is COC(=O)C(N)Cc1ccc(-c2cccc(F)c2)s1. The Morgan fingerprint density at radius 3 is 2.89 bits per heavy atom. The summed E-state index contributed by atoms with van der Waals surface area (Å²) in [5.41, 5.74) is 6.53. The van der Waals surface area contributed by atoms with Gasteiger partial charge in [0.25, 0.3) is 0 Å². The fourth-order valence-corrected chi connectivity index (χ4v) is 2.80. The molecule has 2 N–H and O–H groups in total. The summed E-state index contributed by atoms with van der Waals surface area (Å²) >= 11 is 1.50. The van der Waals surface area contributed by atoms with Gasteiger partial charge in [0.15, 0.2) is 0 Å². The molecular formula is C14H14FNO2S. The molecule has 2 rings (SSSR count). The maximum atomic E-state index is 13.1. The first-order chi connectivity index (χ1) is 9.10. The molecule has 3 nitrogen and oxygen atoms in total. The van der Waals surface area contributed by atoms with Gasteiger partial charge >= 0.3 is 5.97 Å². The highest BCUT2D eigenvalue weighted by Gasteiger charge is 2.15. The molecule has 0 saturated carbocycles. The number of methoxy groups -OCH3 is 1. The zero-order valence-corrected chi connectivity index (χ0v) is 11.2. The van der Waals surface area contributed by atoms with Crippen LogP contribution < -0.4 is 5.73 Å². The number of ether oxygens (including phenoxy) is 1. The Balaban J connectivity index is 2.13. The first-order valence-corrected chi connectivity index (χ1v) is 6.60. The van der Waals surface area contributed by atoms with Crippen LogP contribution in [0.25, 0.3) is 10.4 Å². The van der Waals surface area contributed by atoms with Crippen molar-refractivity contribution < 1.29 is 13.9 Å². The molecular weight excluding hydrogens is 265 g/mol. The summed E-state index contributed by atoms with van der Waals surface area (Å²) in [4.78, 5) is 13.2. The topological polar surface area (TPSA) is 52.3 Å². The summed E-state index contributed by atoms with van der Waals surface area (Å²) in [6, 6.07) is 9.54. The molecule has 0 fully saturated rings. The van der Waals surface area contributed by atoms with Gasteiger partial charge in [-0.05, 0) is 29.8 Å². The Morgan fingerprint density at radius 1 is 1.42 bits per heavy atom. The number of carbonyl (C=O) groups excluding carboxylic acids is 1. The van der Waals surface area contributed by atoms with Crippen molar-refractivity contribution in [2.24, 2.45) is 5.73 Å². The maximum absolute atomic E-state index is 13.1. The minimum absolute atomic E-state index is 0.265. The normalized spacial score (nSPS) is 12.2. The lowest BCUT2D eigenvalue weighted by Gasteiger charge is -2.06. The number of thiophene rings is 1. The number of esters is 1. The minimum atomic E-state index is -0.663. The molecule has 1 aromatic heterocycles. The maximum Gasteiger partial charge on any atom is 0.323 e. The standard InChI is InChI=1S/C14H14FNO2S/c1-18-14(17)12(16)8-11-5-6-13(19-11)9-3-2-4-10(15)7-9/h2-7,12H,8,16H2,1H3.